The largest absolute Gasteiger partial charge is 0.480 e. The van der Waals surface area contributed by atoms with Crippen LogP contribution in [0, 0.1) is 5.92 Å². The van der Waals surface area contributed by atoms with E-state index in [1.54, 1.807) is 0 Å². The number of nitrogens with one attached hydrogen (secondary N) is 1. The Labute approximate surface area is 127 Å². The molecule has 1 saturated heterocycles. The number of carbonyl (C=O) groups is 2. The van der Waals surface area contributed by atoms with Crippen molar-refractivity contribution < 1.29 is 32.6 Å². The molecular formula is C12H13F3N2O4S. The number of aliphatic carboxylic acids is 1. The average Bonchev–Trinajstić information content (AvgIpc) is 2.95. The van der Waals surface area contributed by atoms with Crippen LogP contribution >= 0.6 is 11.3 Å². The molecule has 1 amide bonds. The van der Waals surface area contributed by atoms with E-state index in [0.29, 0.717) is 19.4 Å². The minimum atomic E-state index is -4.63. The molecule has 2 rings (SSSR count). The molecule has 0 aromatic carbocycles. The molecule has 0 radical (unpaired) electrons. The standard InChI is InChI=1S/C12H13F3N2O4S/c13-12(14,15)11-16-7(5-22-11)9(18)17-8(10(19)20)6-2-1-3-21-4-6/h5-6,8H,1-4H2,(H,17,18)(H,19,20)/t6-,8-/m1/s1. The molecule has 2 N–H and O–H groups in total. The van der Waals surface area contributed by atoms with Gasteiger partial charge in [0.1, 0.15) is 11.7 Å². The Morgan fingerprint density at radius 2 is 2.23 bits per heavy atom. The highest BCUT2D eigenvalue weighted by molar-refractivity contribution is 7.09. The Morgan fingerprint density at radius 3 is 2.73 bits per heavy atom. The number of carboxylic acid groups (broad SMARTS) is 1. The number of carboxylic acids is 1. The third-order valence-electron chi connectivity index (χ3n) is 3.20. The van der Waals surface area contributed by atoms with E-state index >= 15 is 0 Å². The Balaban J connectivity index is 2.07. The maximum absolute atomic E-state index is 12.5. The van der Waals surface area contributed by atoms with E-state index in [1.807, 2.05) is 0 Å². The molecular weight excluding hydrogens is 325 g/mol. The molecule has 1 fully saturated rings. The average molecular weight is 338 g/mol. The van der Waals surface area contributed by atoms with E-state index in [-0.39, 0.29) is 17.9 Å². The van der Waals surface area contributed by atoms with Crippen molar-refractivity contribution in [3.05, 3.63) is 16.1 Å². The predicted molar refractivity (Wildman–Crippen MR) is 69.5 cm³/mol. The second-order valence-electron chi connectivity index (χ2n) is 4.80. The van der Waals surface area contributed by atoms with Gasteiger partial charge in [0.05, 0.1) is 6.61 Å². The van der Waals surface area contributed by atoms with Gasteiger partial charge in [-0.05, 0) is 12.8 Å². The number of alkyl halides is 3. The third kappa shape index (κ3) is 3.95. The van der Waals surface area contributed by atoms with Crippen LogP contribution in [0.1, 0.15) is 28.3 Å². The lowest BCUT2D eigenvalue weighted by atomic mass is 9.93. The van der Waals surface area contributed by atoms with Crippen molar-refractivity contribution in [1.82, 2.24) is 10.3 Å². The molecule has 1 aliphatic rings. The van der Waals surface area contributed by atoms with Gasteiger partial charge in [0.2, 0.25) is 0 Å². The minimum absolute atomic E-state index is 0.183. The normalized spacial score (nSPS) is 20.4. The van der Waals surface area contributed by atoms with Crippen LogP contribution in [-0.2, 0) is 15.7 Å². The Bertz CT molecular complexity index is 555. The molecule has 0 saturated carbocycles. The summed E-state index contributed by atoms with van der Waals surface area (Å²) >= 11 is 0.287. The molecule has 122 valence electrons. The summed E-state index contributed by atoms with van der Waals surface area (Å²) in [5.74, 6) is -2.62. The molecule has 10 heteroatoms. The van der Waals surface area contributed by atoms with E-state index in [2.05, 4.69) is 10.3 Å². The highest BCUT2D eigenvalue weighted by Crippen LogP contribution is 2.31. The summed E-state index contributed by atoms with van der Waals surface area (Å²) in [5.41, 5.74) is -0.444. The van der Waals surface area contributed by atoms with Crippen molar-refractivity contribution in [2.45, 2.75) is 25.1 Å². The number of hydrogen-bond donors (Lipinski definition) is 2. The second-order valence-corrected chi connectivity index (χ2v) is 5.66. The minimum Gasteiger partial charge on any atom is -0.480 e. The number of amides is 1. The SMILES string of the molecule is O=C(N[C@@H](C(=O)O)[C@@H]1CCCOC1)c1csc(C(F)(F)F)n1. The van der Waals surface area contributed by atoms with Crippen molar-refractivity contribution in [3.63, 3.8) is 0 Å². The number of carbonyl (C=O) groups excluding carboxylic acids is 1. The van der Waals surface area contributed by atoms with Crippen LogP contribution in [0.25, 0.3) is 0 Å². The molecule has 1 aliphatic heterocycles. The quantitative estimate of drug-likeness (QED) is 0.873. The van der Waals surface area contributed by atoms with Crippen molar-refractivity contribution in [1.29, 1.82) is 0 Å². The van der Waals surface area contributed by atoms with Crippen LogP contribution in [0.3, 0.4) is 0 Å². The summed E-state index contributed by atoms with van der Waals surface area (Å²) in [6.45, 7) is 0.708. The van der Waals surface area contributed by atoms with E-state index < -0.39 is 40.7 Å². The van der Waals surface area contributed by atoms with E-state index in [0.717, 1.165) is 5.38 Å². The van der Waals surface area contributed by atoms with Crippen LogP contribution in [0.5, 0.6) is 0 Å². The topological polar surface area (TPSA) is 88.5 Å². The summed E-state index contributed by atoms with van der Waals surface area (Å²) in [5, 5.41) is 11.2. The lowest BCUT2D eigenvalue weighted by Gasteiger charge is -2.27. The van der Waals surface area contributed by atoms with Gasteiger partial charge in [-0.2, -0.15) is 13.2 Å². The molecule has 1 aromatic heterocycles. The number of halogens is 3. The lowest BCUT2D eigenvalue weighted by molar-refractivity contribution is -0.142. The second kappa shape index (κ2) is 6.61. The molecule has 0 aliphatic carbocycles. The fraction of sp³-hybridized carbons (Fsp3) is 0.583. The smallest absolute Gasteiger partial charge is 0.443 e. The van der Waals surface area contributed by atoms with Crippen molar-refractivity contribution in [2.24, 2.45) is 5.92 Å². The van der Waals surface area contributed by atoms with Crippen LogP contribution in [-0.4, -0.2) is 41.2 Å². The van der Waals surface area contributed by atoms with E-state index in [1.165, 1.54) is 0 Å². The zero-order valence-electron chi connectivity index (χ0n) is 11.2. The van der Waals surface area contributed by atoms with Crippen molar-refractivity contribution >= 4 is 23.2 Å². The number of rotatable bonds is 4. The van der Waals surface area contributed by atoms with Gasteiger partial charge < -0.3 is 15.2 Å². The zero-order chi connectivity index (χ0) is 16.3. The van der Waals surface area contributed by atoms with Crippen LogP contribution in [0.15, 0.2) is 5.38 Å². The molecule has 22 heavy (non-hydrogen) atoms. The number of hydrogen-bond acceptors (Lipinski definition) is 5. The van der Waals surface area contributed by atoms with Crippen LogP contribution in [0.4, 0.5) is 13.2 Å². The molecule has 2 heterocycles. The van der Waals surface area contributed by atoms with Crippen molar-refractivity contribution in [3.8, 4) is 0 Å². The monoisotopic (exact) mass is 338 g/mol. The highest BCUT2D eigenvalue weighted by atomic mass is 32.1. The fourth-order valence-electron chi connectivity index (χ4n) is 2.13. The van der Waals surface area contributed by atoms with Gasteiger partial charge in [-0.25, -0.2) is 9.78 Å². The van der Waals surface area contributed by atoms with Crippen LogP contribution < -0.4 is 5.32 Å². The maximum atomic E-state index is 12.5. The highest BCUT2D eigenvalue weighted by Gasteiger charge is 2.36. The summed E-state index contributed by atoms with van der Waals surface area (Å²) in [7, 11) is 0. The first kappa shape index (κ1) is 16.7. The third-order valence-corrected chi connectivity index (χ3v) is 4.09. The number of thiazole rings is 1. The Morgan fingerprint density at radius 1 is 1.50 bits per heavy atom. The predicted octanol–water partition coefficient (Wildman–Crippen LogP) is 1.77. The Kier molecular flexibility index (Phi) is 5.01. The number of nitrogens with zero attached hydrogens (tertiary/aromatic N) is 1. The van der Waals surface area contributed by atoms with Crippen LogP contribution in [0.2, 0.25) is 0 Å². The number of ether oxygens (including phenoxy) is 1. The van der Waals surface area contributed by atoms with Gasteiger partial charge in [0, 0.05) is 17.9 Å². The van der Waals surface area contributed by atoms with Gasteiger partial charge in [0.15, 0.2) is 5.01 Å². The van der Waals surface area contributed by atoms with E-state index in [9.17, 15) is 27.9 Å². The summed E-state index contributed by atoms with van der Waals surface area (Å²) < 4.78 is 42.5. The van der Waals surface area contributed by atoms with Crippen molar-refractivity contribution in [2.75, 3.05) is 13.2 Å². The van der Waals surface area contributed by atoms with Gasteiger partial charge >= 0.3 is 12.1 Å². The Hall–Kier alpha value is -1.68. The summed E-state index contributed by atoms with van der Waals surface area (Å²) in [4.78, 5) is 26.4. The molecule has 0 unspecified atom stereocenters. The first-order chi connectivity index (χ1) is 10.3. The number of aromatic nitrogens is 1. The first-order valence-electron chi connectivity index (χ1n) is 6.43. The molecule has 1 aromatic rings. The molecule has 0 bridgehead atoms. The maximum Gasteiger partial charge on any atom is 0.443 e. The molecule has 0 spiro atoms. The van der Waals surface area contributed by atoms with E-state index in [4.69, 9.17) is 4.74 Å². The molecule has 6 nitrogen and oxygen atoms in total. The van der Waals surface area contributed by atoms with Gasteiger partial charge in [-0.1, -0.05) is 0 Å². The van der Waals surface area contributed by atoms with Gasteiger partial charge in [-0.15, -0.1) is 11.3 Å². The summed E-state index contributed by atoms with van der Waals surface area (Å²) in [6.07, 6.45) is -3.41. The van der Waals surface area contributed by atoms with Gasteiger partial charge in [-0.3, -0.25) is 4.79 Å². The zero-order valence-corrected chi connectivity index (χ0v) is 12.0. The molecule has 2 atom stereocenters. The first-order valence-corrected chi connectivity index (χ1v) is 7.31. The summed E-state index contributed by atoms with van der Waals surface area (Å²) in [6, 6.07) is -1.22. The lowest BCUT2D eigenvalue weighted by Crippen LogP contribution is -2.48. The van der Waals surface area contributed by atoms with Gasteiger partial charge in [0.25, 0.3) is 5.91 Å². The fourth-order valence-corrected chi connectivity index (χ4v) is 2.80.